The Balaban J connectivity index is 2.04. The summed E-state index contributed by atoms with van der Waals surface area (Å²) in [7, 11) is 0. The van der Waals surface area contributed by atoms with Crippen LogP contribution in [0.3, 0.4) is 0 Å². The lowest BCUT2D eigenvalue weighted by Gasteiger charge is -2.15. The smallest absolute Gasteiger partial charge is 0.265 e. The standard InChI is InChI=1S/C12H17BrN2OS/c1-8-11(17-9(2)14-8)12(16)15-6-4-10(7-15)3-5-13/h10H,3-7H2,1-2H3. The van der Waals surface area contributed by atoms with E-state index >= 15 is 0 Å². The molecule has 1 fully saturated rings. The molecule has 0 aromatic carbocycles. The summed E-state index contributed by atoms with van der Waals surface area (Å²) in [5.74, 6) is 0.831. The number of likely N-dealkylation sites (tertiary alicyclic amines) is 1. The lowest BCUT2D eigenvalue weighted by Crippen LogP contribution is -2.28. The van der Waals surface area contributed by atoms with Gasteiger partial charge >= 0.3 is 0 Å². The van der Waals surface area contributed by atoms with E-state index in [1.807, 2.05) is 18.7 Å². The summed E-state index contributed by atoms with van der Waals surface area (Å²) in [6.07, 6.45) is 2.29. The Morgan fingerprint density at radius 3 is 2.94 bits per heavy atom. The van der Waals surface area contributed by atoms with Crippen molar-refractivity contribution in [1.29, 1.82) is 0 Å². The van der Waals surface area contributed by atoms with Gasteiger partial charge in [-0.1, -0.05) is 15.9 Å². The van der Waals surface area contributed by atoms with Crippen molar-refractivity contribution < 1.29 is 4.79 Å². The van der Waals surface area contributed by atoms with Crippen LogP contribution in [-0.2, 0) is 0 Å². The fourth-order valence-corrected chi connectivity index (χ4v) is 3.82. The first kappa shape index (κ1) is 13.0. The predicted octanol–water partition coefficient (Wildman–Crippen LogP) is 3.01. The molecule has 2 heterocycles. The van der Waals surface area contributed by atoms with E-state index in [1.165, 1.54) is 11.3 Å². The zero-order chi connectivity index (χ0) is 12.4. The Labute approximate surface area is 114 Å². The van der Waals surface area contributed by atoms with Crippen molar-refractivity contribution in [3.05, 3.63) is 15.6 Å². The number of carbonyl (C=O) groups excluding carboxylic acids is 1. The third-order valence-electron chi connectivity index (χ3n) is 3.19. The summed E-state index contributed by atoms with van der Waals surface area (Å²) in [6.45, 7) is 5.67. The number of aryl methyl sites for hydroxylation is 2. The van der Waals surface area contributed by atoms with E-state index in [2.05, 4.69) is 20.9 Å². The molecule has 1 aromatic heterocycles. The predicted molar refractivity (Wildman–Crippen MR) is 74.0 cm³/mol. The molecular weight excluding hydrogens is 300 g/mol. The molecule has 1 saturated heterocycles. The van der Waals surface area contributed by atoms with E-state index in [0.29, 0.717) is 5.92 Å². The summed E-state index contributed by atoms with van der Waals surface area (Å²) in [6, 6.07) is 0. The van der Waals surface area contributed by atoms with Crippen LogP contribution in [-0.4, -0.2) is 34.2 Å². The SMILES string of the molecule is Cc1nc(C)c(C(=O)N2CCC(CCBr)C2)s1. The van der Waals surface area contributed by atoms with Crippen molar-refractivity contribution >= 4 is 33.2 Å². The molecule has 17 heavy (non-hydrogen) atoms. The topological polar surface area (TPSA) is 33.2 Å². The highest BCUT2D eigenvalue weighted by atomic mass is 79.9. The molecule has 0 spiro atoms. The number of alkyl halides is 1. The van der Waals surface area contributed by atoms with Crippen molar-refractivity contribution in [3.63, 3.8) is 0 Å². The number of rotatable bonds is 3. The van der Waals surface area contributed by atoms with Gasteiger partial charge in [0.05, 0.1) is 10.7 Å². The molecule has 1 unspecified atom stereocenters. The summed E-state index contributed by atoms with van der Waals surface area (Å²) in [5, 5.41) is 2.00. The number of amides is 1. The summed E-state index contributed by atoms with van der Waals surface area (Å²) in [5.41, 5.74) is 0.876. The van der Waals surface area contributed by atoms with Crippen LogP contribution in [0.15, 0.2) is 0 Å². The van der Waals surface area contributed by atoms with Crippen LogP contribution in [0.5, 0.6) is 0 Å². The lowest BCUT2D eigenvalue weighted by atomic mass is 10.1. The molecule has 0 radical (unpaired) electrons. The van der Waals surface area contributed by atoms with Crippen LogP contribution < -0.4 is 0 Å². The molecular formula is C12H17BrN2OS. The molecule has 1 atom stereocenters. The first-order valence-corrected chi connectivity index (χ1v) is 7.85. The third-order valence-corrected chi connectivity index (χ3v) is 4.71. The van der Waals surface area contributed by atoms with Gasteiger partial charge in [0.15, 0.2) is 0 Å². The summed E-state index contributed by atoms with van der Waals surface area (Å²) >= 11 is 4.98. The van der Waals surface area contributed by atoms with Crippen molar-refractivity contribution in [2.24, 2.45) is 5.92 Å². The van der Waals surface area contributed by atoms with Gasteiger partial charge in [-0.15, -0.1) is 11.3 Å². The molecule has 1 aliphatic rings. The van der Waals surface area contributed by atoms with E-state index in [1.54, 1.807) is 0 Å². The monoisotopic (exact) mass is 316 g/mol. The number of hydrogen-bond donors (Lipinski definition) is 0. The van der Waals surface area contributed by atoms with Gasteiger partial charge in [-0.25, -0.2) is 4.98 Å². The van der Waals surface area contributed by atoms with Gasteiger partial charge < -0.3 is 4.90 Å². The number of aromatic nitrogens is 1. The highest BCUT2D eigenvalue weighted by molar-refractivity contribution is 9.09. The minimum absolute atomic E-state index is 0.171. The second-order valence-electron chi connectivity index (χ2n) is 4.53. The summed E-state index contributed by atoms with van der Waals surface area (Å²) < 4.78 is 0. The van der Waals surface area contributed by atoms with E-state index in [-0.39, 0.29) is 5.91 Å². The van der Waals surface area contributed by atoms with Crippen LogP contribution in [0.4, 0.5) is 0 Å². The number of hydrogen-bond acceptors (Lipinski definition) is 3. The van der Waals surface area contributed by atoms with E-state index in [4.69, 9.17) is 0 Å². The number of halogens is 1. The maximum Gasteiger partial charge on any atom is 0.265 e. The maximum absolute atomic E-state index is 12.3. The number of thiazole rings is 1. The molecule has 0 aliphatic carbocycles. The van der Waals surface area contributed by atoms with Crippen LogP contribution in [0.2, 0.25) is 0 Å². The number of carbonyl (C=O) groups is 1. The Morgan fingerprint density at radius 2 is 2.35 bits per heavy atom. The molecule has 3 nitrogen and oxygen atoms in total. The Kier molecular flexibility index (Phi) is 4.20. The Morgan fingerprint density at radius 1 is 1.59 bits per heavy atom. The molecule has 2 rings (SSSR count). The van der Waals surface area contributed by atoms with Gasteiger partial charge in [0, 0.05) is 18.4 Å². The van der Waals surface area contributed by atoms with Crippen molar-refractivity contribution in [2.75, 3.05) is 18.4 Å². The van der Waals surface area contributed by atoms with E-state index < -0.39 is 0 Å². The highest BCUT2D eigenvalue weighted by Crippen LogP contribution is 2.25. The lowest BCUT2D eigenvalue weighted by molar-refractivity contribution is 0.0791. The van der Waals surface area contributed by atoms with Gasteiger partial charge in [-0.2, -0.15) is 0 Å². The first-order chi connectivity index (χ1) is 8.11. The molecule has 0 bridgehead atoms. The molecule has 1 amide bonds. The largest absolute Gasteiger partial charge is 0.338 e. The molecule has 5 heteroatoms. The van der Waals surface area contributed by atoms with Gasteiger partial charge in [-0.05, 0) is 32.6 Å². The average Bonchev–Trinajstić information content (AvgIpc) is 2.85. The fraction of sp³-hybridized carbons (Fsp3) is 0.667. The first-order valence-electron chi connectivity index (χ1n) is 5.91. The van der Waals surface area contributed by atoms with E-state index in [9.17, 15) is 4.79 Å². The van der Waals surface area contributed by atoms with Gasteiger partial charge in [0.1, 0.15) is 4.88 Å². The molecule has 1 aromatic rings. The van der Waals surface area contributed by atoms with Crippen LogP contribution in [0, 0.1) is 19.8 Å². The third kappa shape index (κ3) is 2.88. The minimum Gasteiger partial charge on any atom is -0.338 e. The van der Waals surface area contributed by atoms with Crippen molar-refractivity contribution in [1.82, 2.24) is 9.88 Å². The number of nitrogens with zero attached hydrogens (tertiary/aromatic N) is 2. The molecule has 0 saturated carbocycles. The van der Waals surface area contributed by atoms with Crippen LogP contribution in [0.1, 0.15) is 33.2 Å². The van der Waals surface area contributed by atoms with Crippen LogP contribution >= 0.6 is 27.3 Å². The van der Waals surface area contributed by atoms with Gasteiger partial charge in [0.2, 0.25) is 0 Å². The second-order valence-corrected chi connectivity index (χ2v) is 6.53. The minimum atomic E-state index is 0.171. The highest BCUT2D eigenvalue weighted by Gasteiger charge is 2.28. The quantitative estimate of drug-likeness (QED) is 0.803. The molecule has 1 aliphatic heterocycles. The molecule has 94 valence electrons. The molecule has 0 N–H and O–H groups in total. The Bertz CT molecular complexity index is 419. The summed E-state index contributed by atoms with van der Waals surface area (Å²) in [4.78, 5) is 19.4. The second kappa shape index (κ2) is 5.48. The van der Waals surface area contributed by atoms with E-state index in [0.717, 1.165) is 46.8 Å². The van der Waals surface area contributed by atoms with Gasteiger partial charge in [0.25, 0.3) is 5.91 Å². The van der Waals surface area contributed by atoms with Crippen molar-refractivity contribution in [2.45, 2.75) is 26.7 Å². The van der Waals surface area contributed by atoms with Gasteiger partial charge in [-0.3, -0.25) is 4.79 Å². The average molecular weight is 317 g/mol. The Hall–Kier alpha value is -0.420. The normalized spacial score (nSPS) is 19.9. The maximum atomic E-state index is 12.3. The van der Waals surface area contributed by atoms with Crippen LogP contribution in [0.25, 0.3) is 0 Å². The zero-order valence-corrected chi connectivity index (χ0v) is 12.6. The zero-order valence-electron chi connectivity index (χ0n) is 10.2. The fourth-order valence-electron chi connectivity index (χ4n) is 2.28. The van der Waals surface area contributed by atoms with Crippen molar-refractivity contribution in [3.8, 4) is 0 Å².